The first-order chi connectivity index (χ1) is 20.8. The summed E-state index contributed by atoms with van der Waals surface area (Å²) in [5.41, 5.74) is 3.33. The third kappa shape index (κ3) is 6.48. The first-order valence-corrected chi connectivity index (χ1v) is 18.0. The second kappa shape index (κ2) is 13.3. The van der Waals surface area contributed by atoms with Crippen molar-refractivity contribution in [3.63, 3.8) is 0 Å². The van der Waals surface area contributed by atoms with Gasteiger partial charge in [-0.2, -0.15) is 0 Å². The standard InChI is InChI=1S/C39H60N4/c1-27(2)11-10-12-28(3)33-15-16-34-37-35(18-20-39(33,34)5)38(4)19-17-30(42-25-31-13-6-8-21-40-31)23-29(38)24-36(37)43-26-32-14-7-9-22-41-32/h6-9,13-14,21-22,27-30,33-37,42-43H,10-12,15-20,23-26H2,1-5H3/t28-,29-,30-,33-,34?,35?,36-,37?,38+,39-/m1/s1. The zero-order chi connectivity index (χ0) is 30.0. The van der Waals surface area contributed by atoms with Crippen LogP contribution in [-0.2, 0) is 13.1 Å². The SMILES string of the molecule is CC(C)CCC[C@@H](C)[C@H]1CCC2C3C(CC[C@@]21C)[C@@]1(C)CC[C@@H](NCc2ccccn2)C[C@@H]1C[C@H]3NCc1ccccn1. The zero-order valence-corrected chi connectivity index (χ0v) is 27.9. The highest BCUT2D eigenvalue weighted by atomic mass is 15.0. The lowest BCUT2D eigenvalue weighted by Crippen LogP contribution is -2.62. The fraction of sp³-hybridized carbons (Fsp3) is 0.744. The Morgan fingerprint density at radius 3 is 2.12 bits per heavy atom. The molecule has 4 saturated carbocycles. The van der Waals surface area contributed by atoms with Crippen LogP contribution in [0.2, 0.25) is 0 Å². The van der Waals surface area contributed by atoms with Crippen molar-refractivity contribution in [2.24, 2.45) is 52.3 Å². The van der Waals surface area contributed by atoms with E-state index in [1.807, 2.05) is 24.5 Å². The van der Waals surface area contributed by atoms with E-state index in [1.165, 1.54) is 76.3 Å². The molecule has 2 heterocycles. The number of nitrogens with one attached hydrogen (secondary N) is 2. The van der Waals surface area contributed by atoms with Crippen LogP contribution in [0.15, 0.2) is 48.8 Å². The quantitative estimate of drug-likeness (QED) is 0.277. The second-order valence-electron chi connectivity index (χ2n) is 16.2. The van der Waals surface area contributed by atoms with Crippen molar-refractivity contribution >= 4 is 0 Å². The van der Waals surface area contributed by atoms with Crippen LogP contribution in [0.1, 0.15) is 117 Å². The summed E-state index contributed by atoms with van der Waals surface area (Å²) in [4.78, 5) is 9.28. The Morgan fingerprint density at radius 2 is 1.44 bits per heavy atom. The van der Waals surface area contributed by atoms with Crippen LogP contribution in [-0.4, -0.2) is 22.1 Å². The lowest BCUT2D eigenvalue weighted by atomic mass is 9.43. The van der Waals surface area contributed by atoms with Crippen molar-refractivity contribution in [2.75, 3.05) is 0 Å². The summed E-state index contributed by atoms with van der Waals surface area (Å²) >= 11 is 0. The van der Waals surface area contributed by atoms with Crippen LogP contribution >= 0.6 is 0 Å². The lowest BCUT2D eigenvalue weighted by Gasteiger charge is -2.63. The molecule has 2 aromatic heterocycles. The maximum Gasteiger partial charge on any atom is 0.0541 e. The van der Waals surface area contributed by atoms with Gasteiger partial charge in [-0.25, -0.2) is 0 Å². The molecule has 4 fully saturated rings. The van der Waals surface area contributed by atoms with E-state index >= 15 is 0 Å². The maximum absolute atomic E-state index is 4.71. The second-order valence-corrected chi connectivity index (χ2v) is 16.2. The molecular formula is C39H60N4. The van der Waals surface area contributed by atoms with Crippen molar-refractivity contribution in [1.82, 2.24) is 20.6 Å². The molecular weight excluding hydrogens is 524 g/mol. The van der Waals surface area contributed by atoms with Crippen molar-refractivity contribution in [3.05, 3.63) is 60.2 Å². The monoisotopic (exact) mass is 584 g/mol. The Kier molecular flexibility index (Phi) is 9.65. The Bertz CT molecular complexity index is 1150. The van der Waals surface area contributed by atoms with Crippen LogP contribution in [0.25, 0.3) is 0 Å². The fourth-order valence-corrected chi connectivity index (χ4v) is 11.2. The van der Waals surface area contributed by atoms with E-state index in [0.29, 0.717) is 22.9 Å². The summed E-state index contributed by atoms with van der Waals surface area (Å²) < 4.78 is 0. The Balaban J connectivity index is 1.20. The molecule has 236 valence electrons. The van der Waals surface area contributed by atoms with E-state index in [2.05, 4.69) is 74.5 Å². The van der Waals surface area contributed by atoms with Gasteiger partial charge in [0.2, 0.25) is 0 Å². The molecule has 2 aromatic rings. The molecule has 0 bridgehead atoms. The van der Waals surface area contributed by atoms with Crippen LogP contribution in [0.4, 0.5) is 0 Å². The first kappa shape index (κ1) is 31.2. The summed E-state index contributed by atoms with van der Waals surface area (Å²) in [6.07, 6.45) is 19.2. The molecule has 4 nitrogen and oxygen atoms in total. The molecule has 0 aromatic carbocycles. The molecule has 0 amide bonds. The van der Waals surface area contributed by atoms with E-state index < -0.39 is 0 Å². The number of hydrogen-bond acceptors (Lipinski definition) is 4. The minimum atomic E-state index is 0.472. The van der Waals surface area contributed by atoms with Crippen LogP contribution in [0.3, 0.4) is 0 Å². The highest BCUT2D eigenvalue weighted by Crippen LogP contribution is 2.68. The van der Waals surface area contributed by atoms with E-state index in [0.717, 1.165) is 60.2 Å². The van der Waals surface area contributed by atoms with Crippen molar-refractivity contribution in [3.8, 4) is 0 Å². The summed E-state index contributed by atoms with van der Waals surface area (Å²) in [7, 11) is 0. The molecule has 2 N–H and O–H groups in total. The predicted octanol–water partition coefficient (Wildman–Crippen LogP) is 8.82. The highest BCUT2D eigenvalue weighted by molar-refractivity contribution is 5.14. The van der Waals surface area contributed by atoms with Crippen molar-refractivity contribution in [2.45, 2.75) is 130 Å². The summed E-state index contributed by atoms with van der Waals surface area (Å²) in [5, 5.41) is 8.11. The van der Waals surface area contributed by atoms with E-state index in [4.69, 9.17) is 4.98 Å². The number of hydrogen-bond donors (Lipinski definition) is 2. The molecule has 43 heavy (non-hydrogen) atoms. The van der Waals surface area contributed by atoms with Gasteiger partial charge in [-0.15, -0.1) is 0 Å². The predicted molar refractivity (Wildman–Crippen MR) is 178 cm³/mol. The molecule has 3 unspecified atom stereocenters. The minimum Gasteiger partial charge on any atom is -0.308 e. The van der Waals surface area contributed by atoms with Crippen LogP contribution in [0, 0.1) is 52.3 Å². The molecule has 4 aliphatic carbocycles. The van der Waals surface area contributed by atoms with Gasteiger partial charge in [0.1, 0.15) is 0 Å². The van der Waals surface area contributed by atoms with Gasteiger partial charge in [0.25, 0.3) is 0 Å². The molecule has 0 radical (unpaired) electrons. The van der Waals surface area contributed by atoms with E-state index in [9.17, 15) is 0 Å². The highest BCUT2D eigenvalue weighted by Gasteiger charge is 2.62. The van der Waals surface area contributed by atoms with Gasteiger partial charge < -0.3 is 10.6 Å². The van der Waals surface area contributed by atoms with E-state index in [-0.39, 0.29) is 0 Å². The molecule has 4 heteroatoms. The fourth-order valence-electron chi connectivity index (χ4n) is 11.2. The third-order valence-corrected chi connectivity index (χ3v) is 13.5. The molecule has 0 saturated heterocycles. The molecule has 10 atom stereocenters. The van der Waals surface area contributed by atoms with E-state index in [1.54, 1.807) is 0 Å². The average molecular weight is 585 g/mol. The number of nitrogens with zero attached hydrogens (tertiary/aromatic N) is 2. The summed E-state index contributed by atoms with van der Waals surface area (Å²) in [5.74, 6) is 5.88. The molecule has 4 aliphatic rings. The summed E-state index contributed by atoms with van der Waals surface area (Å²) in [6.45, 7) is 14.6. The Morgan fingerprint density at radius 1 is 0.767 bits per heavy atom. The molecule has 0 aliphatic heterocycles. The van der Waals surface area contributed by atoms with Gasteiger partial charge in [0.15, 0.2) is 0 Å². The smallest absolute Gasteiger partial charge is 0.0541 e. The van der Waals surface area contributed by atoms with Crippen molar-refractivity contribution in [1.29, 1.82) is 0 Å². The van der Waals surface area contributed by atoms with Crippen LogP contribution < -0.4 is 10.6 Å². The molecule has 0 spiro atoms. The number of aromatic nitrogens is 2. The minimum absolute atomic E-state index is 0.472. The van der Waals surface area contributed by atoms with Gasteiger partial charge in [-0.05, 0) is 128 Å². The van der Waals surface area contributed by atoms with Gasteiger partial charge >= 0.3 is 0 Å². The van der Waals surface area contributed by atoms with Gasteiger partial charge in [0.05, 0.1) is 11.4 Å². The summed E-state index contributed by atoms with van der Waals surface area (Å²) in [6, 6.07) is 13.9. The number of pyridine rings is 2. The van der Waals surface area contributed by atoms with Gasteiger partial charge in [-0.1, -0.05) is 66.0 Å². The average Bonchev–Trinajstić information content (AvgIpc) is 3.37. The maximum atomic E-state index is 4.71. The third-order valence-electron chi connectivity index (χ3n) is 13.5. The molecule has 6 rings (SSSR count). The van der Waals surface area contributed by atoms with Gasteiger partial charge in [0, 0.05) is 37.6 Å². The normalized spacial score (nSPS) is 37.9. The van der Waals surface area contributed by atoms with Crippen LogP contribution in [0.5, 0.6) is 0 Å². The first-order valence-electron chi connectivity index (χ1n) is 18.0. The number of rotatable bonds is 11. The number of fused-ring (bicyclic) bond motifs is 5. The lowest BCUT2D eigenvalue weighted by molar-refractivity contribution is -0.132. The Hall–Kier alpha value is -1.78. The van der Waals surface area contributed by atoms with Crippen molar-refractivity contribution < 1.29 is 0 Å². The zero-order valence-electron chi connectivity index (χ0n) is 27.9. The topological polar surface area (TPSA) is 49.8 Å². The largest absolute Gasteiger partial charge is 0.308 e. The van der Waals surface area contributed by atoms with Gasteiger partial charge in [-0.3, -0.25) is 9.97 Å². The Labute approximate surface area is 263 Å².